The first-order chi connectivity index (χ1) is 4.83. The summed E-state index contributed by atoms with van der Waals surface area (Å²) in [5.41, 5.74) is 5.35. The van der Waals surface area contributed by atoms with Crippen LogP contribution in [0.2, 0.25) is 0 Å². The third kappa shape index (κ3) is 2.25. The van der Waals surface area contributed by atoms with Gasteiger partial charge in [0.25, 0.3) is 0 Å². The molecule has 0 radical (unpaired) electrons. The van der Waals surface area contributed by atoms with Crippen molar-refractivity contribution < 1.29 is 5.11 Å². The lowest BCUT2D eigenvalue weighted by atomic mass is 10.3. The first-order valence-corrected chi connectivity index (χ1v) is 3.93. The van der Waals surface area contributed by atoms with Crippen molar-refractivity contribution in [3.05, 3.63) is 0 Å². The maximum atomic E-state index is 9.13. The summed E-state index contributed by atoms with van der Waals surface area (Å²) >= 11 is 0. The van der Waals surface area contributed by atoms with Crippen LogP contribution in [0, 0.1) is 0 Å². The van der Waals surface area contributed by atoms with Crippen molar-refractivity contribution in [1.82, 2.24) is 4.90 Å². The van der Waals surface area contributed by atoms with E-state index in [0.29, 0.717) is 0 Å². The highest BCUT2D eigenvalue weighted by molar-refractivity contribution is 4.73. The van der Waals surface area contributed by atoms with E-state index in [2.05, 4.69) is 4.90 Å². The zero-order valence-electron chi connectivity index (χ0n) is 6.29. The summed E-state index contributed by atoms with van der Waals surface area (Å²) in [5, 5.41) is 9.13. The number of aliphatic hydroxyl groups is 1. The molecule has 0 aromatic carbocycles. The Balaban J connectivity index is 2.06. The predicted octanol–water partition coefficient (Wildman–Crippen LogP) is -0.598. The molecule has 0 unspecified atom stereocenters. The topological polar surface area (TPSA) is 49.5 Å². The van der Waals surface area contributed by atoms with Gasteiger partial charge in [-0.15, -0.1) is 0 Å². The van der Waals surface area contributed by atoms with Crippen molar-refractivity contribution in [3.8, 4) is 0 Å². The molecule has 1 aliphatic rings. The van der Waals surface area contributed by atoms with E-state index >= 15 is 0 Å². The van der Waals surface area contributed by atoms with E-state index in [0.717, 1.165) is 39.0 Å². The predicted molar refractivity (Wildman–Crippen MR) is 40.7 cm³/mol. The lowest BCUT2D eigenvalue weighted by molar-refractivity contribution is 0.176. The minimum absolute atomic E-state index is 0.0854. The average Bonchev–Trinajstić information content (AvgIpc) is 2.31. The molecule has 0 bridgehead atoms. The fourth-order valence-corrected chi connectivity index (χ4v) is 1.33. The van der Waals surface area contributed by atoms with E-state index in [-0.39, 0.29) is 6.10 Å². The van der Waals surface area contributed by atoms with Gasteiger partial charge in [-0.2, -0.15) is 0 Å². The van der Waals surface area contributed by atoms with Gasteiger partial charge in [-0.05, 0) is 25.9 Å². The summed E-state index contributed by atoms with van der Waals surface area (Å²) in [6.45, 7) is 3.70. The first kappa shape index (κ1) is 7.98. The fourth-order valence-electron chi connectivity index (χ4n) is 1.33. The molecule has 0 aromatic heterocycles. The number of nitrogens with zero attached hydrogens (tertiary/aromatic N) is 1. The van der Waals surface area contributed by atoms with Gasteiger partial charge in [0.15, 0.2) is 0 Å². The molecule has 0 aromatic rings. The van der Waals surface area contributed by atoms with Crippen LogP contribution in [0.15, 0.2) is 0 Å². The normalized spacial score (nSPS) is 27.6. The lowest BCUT2D eigenvalue weighted by Gasteiger charge is -2.12. The molecule has 10 heavy (non-hydrogen) atoms. The molecule has 0 saturated carbocycles. The zero-order valence-corrected chi connectivity index (χ0v) is 6.29. The molecule has 3 nitrogen and oxygen atoms in total. The zero-order chi connectivity index (χ0) is 7.40. The summed E-state index contributed by atoms with van der Waals surface area (Å²) in [4.78, 5) is 2.26. The number of aliphatic hydroxyl groups excluding tert-OH is 1. The molecule has 1 saturated heterocycles. The monoisotopic (exact) mass is 144 g/mol. The van der Waals surface area contributed by atoms with Crippen LogP contribution in [0.4, 0.5) is 0 Å². The summed E-state index contributed by atoms with van der Waals surface area (Å²) < 4.78 is 0. The van der Waals surface area contributed by atoms with Gasteiger partial charge in [0, 0.05) is 13.1 Å². The highest BCUT2D eigenvalue weighted by atomic mass is 16.3. The maximum absolute atomic E-state index is 9.13. The molecule has 1 fully saturated rings. The standard InChI is InChI=1S/C7H16N2O/c8-3-1-4-9-5-2-7(10)6-9/h7,10H,1-6,8H2/t7-/m1/s1. The third-order valence-corrected chi connectivity index (χ3v) is 1.93. The van der Waals surface area contributed by atoms with Gasteiger partial charge < -0.3 is 15.7 Å². The molecule has 1 aliphatic heterocycles. The molecule has 60 valence electrons. The molecule has 1 heterocycles. The summed E-state index contributed by atoms with van der Waals surface area (Å²) in [6.07, 6.45) is 1.90. The first-order valence-electron chi connectivity index (χ1n) is 3.93. The third-order valence-electron chi connectivity index (χ3n) is 1.93. The second kappa shape index (κ2) is 3.91. The number of hydrogen-bond donors (Lipinski definition) is 2. The second-order valence-electron chi connectivity index (χ2n) is 2.89. The van der Waals surface area contributed by atoms with E-state index in [4.69, 9.17) is 10.8 Å². The maximum Gasteiger partial charge on any atom is 0.0679 e. The van der Waals surface area contributed by atoms with Crippen molar-refractivity contribution >= 4 is 0 Å². The molecule has 1 atom stereocenters. The minimum atomic E-state index is -0.0854. The Morgan fingerprint density at radius 2 is 2.40 bits per heavy atom. The van der Waals surface area contributed by atoms with Gasteiger partial charge >= 0.3 is 0 Å². The number of rotatable bonds is 3. The largest absolute Gasteiger partial charge is 0.392 e. The Kier molecular flexibility index (Phi) is 3.12. The Morgan fingerprint density at radius 1 is 1.60 bits per heavy atom. The molecule has 0 aliphatic carbocycles. The van der Waals surface area contributed by atoms with E-state index < -0.39 is 0 Å². The molecular weight excluding hydrogens is 128 g/mol. The van der Waals surface area contributed by atoms with E-state index in [1.807, 2.05) is 0 Å². The lowest BCUT2D eigenvalue weighted by Crippen LogP contribution is -2.24. The Morgan fingerprint density at radius 3 is 2.90 bits per heavy atom. The molecule has 3 heteroatoms. The van der Waals surface area contributed by atoms with Crippen molar-refractivity contribution in [2.24, 2.45) is 5.73 Å². The quantitative estimate of drug-likeness (QED) is 0.556. The summed E-state index contributed by atoms with van der Waals surface area (Å²) in [5.74, 6) is 0. The SMILES string of the molecule is NCCCN1CC[C@@H](O)C1. The van der Waals surface area contributed by atoms with Crippen LogP contribution in [0.5, 0.6) is 0 Å². The second-order valence-corrected chi connectivity index (χ2v) is 2.89. The highest BCUT2D eigenvalue weighted by Gasteiger charge is 2.18. The molecular formula is C7H16N2O. The van der Waals surface area contributed by atoms with Gasteiger partial charge in [-0.1, -0.05) is 0 Å². The number of β-amino-alcohol motifs (C(OH)–C–C–N with tert-alkyl or cyclic N) is 1. The fraction of sp³-hybridized carbons (Fsp3) is 1.00. The average molecular weight is 144 g/mol. The highest BCUT2D eigenvalue weighted by Crippen LogP contribution is 2.07. The smallest absolute Gasteiger partial charge is 0.0679 e. The summed E-state index contributed by atoms with van der Waals surface area (Å²) in [7, 11) is 0. The summed E-state index contributed by atoms with van der Waals surface area (Å²) in [6, 6.07) is 0. The van der Waals surface area contributed by atoms with Crippen molar-refractivity contribution in [2.45, 2.75) is 18.9 Å². The van der Waals surface area contributed by atoms with Crippen LogP contribution in [0.25, 0.3) is 0 Å². The molecule has 0 amide bonds. The van der Waals surface area contributed by atoms with Crippen LogP contribution in [-0.2, 0) is 0 Å². The minimum Gasteiger partial charge on any atom is -0.392 e. The number of hydrogen-bond acceptors (Lipinski definition) is 3. The molecule has 1 rings (SSSR count). The van der Waals surface area contributed by atoms with Gasteiger partial charge in [-0.25, -0.2) is 0 Å². The van der Waals surface area contributed by atoms with Gasteiger partial charge in [0.1, 0.15) is 0 Å². The Bertz CT molecular complexity index is 97.6. The number of nitrogens with two attached hydrogens (primary N) is 1. The van der Waals surface area contributed by atoms with E-state index in [1.165, 1.54) is 0 Å². The van der Waals surface area contributed by atoms with Gasteiger partial charge in [-0.3, -0.25) is 0 Å². The van der Waals surface area contributed by atoms with Crippen molar-refractivity contribution in [2.75, 3.05) is 26.2 Å². The van der Waals surface area contributed by atoms with Crippen LogP contribution in [-0.4, -0.2) is 42.3 Å². The van der Waals surface area contributed by atoms with Crippen molar-refractivity contribution in [3.63, 3.8) is 0 Å². The van der Waals surface area contributed by atoms with Crippen LogP contribution in [0.3, 0.4) is 0 Å². The van der Waals surface area contributed by atoms with Gasteiger partial charge in [0.05, 0.1) is 6.10 Å². The van der Waals surface area contributed by atoms with Crippen LogP contribution < -0.4 is 5.73 Å². The van der Waals surface area contributed by atoms with Crippen LogP contribution >= 0.6 is 0 Å². The van der Waals surface area contributed by atoms with Crippen molar-refractivity contribution in [1.29, 1.82) is 0 Å². The van der Waals surface area contributed by atoms with Crippen LogP contribution in [0.1, 0.15) is 12.8 Å². The van der Waals surface area contributed by atoms with E-state index in [1.54, 1.807) is 0 Å². The number of likely N-dealkylation sites (tertiary alicyclic amines) is 1. The Hall–Kier alpha value is -0.120. The van der Waals surface area contributed by atoms with E-state index in [9.17, 15) is 0 Å². The molecule has 3 N–H and O–H groups in total. The van der Waals surface area contributed by atoms with Gasteiger partial charge in [0.2, 0.25) is 0 Å². The Labute approximate surface area is 61.8 Å². The molecule has 0 spiro atoms.